The van der Waals surface area contributed by atoms with Crippen LogP contribution in [-0.2, 0) is 11.2 Å². The Kier molecular flexibility index (Phi) is 4.26. The van der Waals surface area contributed by atoms with Crippen LogP contribution < -0.4 is 5.73 Å². The lowest BCUT2D eigenvalue weighted by Gasteiger charge is -2.07. The Morgan fingerprint density at radius 2 is 2.00 bits per heavy atom. The SMILES string of the molecule is N[C@@H](CCc1ccccc1)C(=O)CF. The standard InChI is InChI=1S/C11H14FNO/c12-8-11(14)10(13)7-6-9-4-2-1-3-5-9/h1-5,10H,6-8,13H2/t10-/m0/s1. The average molecular weight is 195 g/mol. The van der Waals surface area contributed by atoms with E-state index < -0.39 is 18.5 Å². The molecule has 2 nitrogen and oxygen atoms in total. The van der Waals surface area contributed by atoms with Crippen LogP contribution in [0.25, 0.3) is 0 Å². The van der Waals surface area contributed by atoms with Crippen LogP contribution in [0.1, 0.15) is 12.0 Å². The molecule has 0 fully saturated rings. The van der Waals surface area contributed by atoms with Gasteiger partial charge in [0.25, 0.3) is 0 Å². The van der Waals surface area contributed by atoms with E-state index in [1.807, 2.05) is 30.3 Å². The lowest BCUT2D eigenvalue weighted by Crippen LogP contribution is -2.32. The third kappa shape index (κ3) is 3.26. The Labute approximate surface area is 82.9 Å². The number of halogens is 1. The second kappa shape index (κ2) is 5.50. The lowest BCUT2D eigenvalue weighted by molar-refractivity contribution is -0.121. The zero-order valence-electron chi connectivity index (χ0n) is 7.95. The van der Waals surface area contributed by atoms with E-state index in [4.69, 9.17) is 5.73 Å². The van der Waals surface area contributed by atoms with Gasteiger partial charge in [-0.1, -0.05) is 30.3 Å². The van der Waals surface area contributed by atoms with Crippen LogP contribution >= 0.6 is 0 Å². The van der Waals surface area contributed by atoms with Gasteiger partial charge in [-0.15, -0.1) is 0 Å². The molecule has 0 aliphatic heterocycles. The summed E-state index contributed by atoms with van der Waals surface area (Å²) >= 11 is 0. The van der Waals surface area contributed by atoms with E-state index in [1.54, 1.807) is 0 Å². The molecule has 2 N–H and O–H groups in total. The van der Waals surface area contributed by atoms with Gasteiger partial charge in [-0.05, 0) is 18.4 Å². The van der Waals surface area contributed by atoms with E-state index in [0.29, 0.717) is 12.8 Å². The number of hydrogen-bond acceptors (Lipinski definition) is 2. The number of benzene rings is 1. The van der Waals surface area contributed by atoms with Gasteiger partial charge in [0.05, 0.1) is 6.04 Å². The van der Waals surface area contributed by atoms with Crippen molar-refractivity contribution < 1.29 is 9.18 Å². The number of nitrogens with two attached hydrogens (primary N) is 1. The van der Waals surface area contributed by atoms with Crippen molar-refractivity contribution in [2.45, 2.75) is 18.9 Å². The number of carbonyl (C=O) groups is 1. The Hall–Kier alpha value is -1.22. The van der Waals surface area contributed by atoms with Crippen molar-refractivity contribution in [2.24, 2.45) is 5.73 Å². The van der Waals surface area contributed by atoms with Crippen molar-refractivity contribution in [2.75, 3.05) is 6.67 Å². The zero-order valence-corrected chi connectivity index (χ0v) is 7.95. The molecule has 0 bridgehead atoms. The van der Waals surface area contributed by atoms with Gasteiger partial charge >= 0.3 is 0 Å². The third-order valence-corrected chi connectivity index (χ3v) is 2.13. The minimum atomic E-state index is -0.962. The fraction of sp³-hybridized carbons (Fsp3) is 0.364. The number of rotatable bonds is 5. The van der Waals surface area contributed by atoms with Gasteiger partial charge < -0.3 is 5.73 Å². The summed E-state index contributed by atoms with van der Waals surface area (Å²) in [6.45, 7) is -0.962. The number of hydrogen-bond donors (Lipinski definition) is 1. The number of alkyl halides is 1. The van der Waals surface area contributed by atoms with Gasteiger partial charge in [0, 0.05) is 0 Å². The van der Waals surface area contributed by atoms with E-state index in [9.17, 15) is 9.18 Å². The predicted molar refractivity (Wildman–Crippen MR) is 53.7 cm³/mol. The van der Waals surface area contributed by atoms with Gasteiger partial charge in [-0.3, -0.25) is 4.79 Å². The largest absolute Gasteiger partial charge is 0.321 e. The van der Waals surface area contributed by atoms with Crippen molar-refractivity contribution in [3.05, 3.63) is 35.9 Å². The van der Waals surface area contributed by atoms with E-state index in [1.165, 1.54) is 0 Å². The number of aryl methyl sites for hydroxylation is 1. The van der Waals surface area contributed by atoms with E-state index in [-0.39, 0.29) is 0 Å². The molecule has 0 spiro atoms. The van der Waals surface area contributed by atoms with Crippen LogP contribution in [0.4, 0.5) is 4.39 Å². The monoisotopic (exact) mass is 195 g/mol. The highest BCUT2D eigenvalue weighted by atomic mass is 19.1. The summed E-state index contributed by atoms with van der Waals surface area (Å²) in [6.07, 6.45) is 1.22. The van der Waals surface area contributed by atoms with Gasteiger partial charge in [0.2, 0.25) is 0 Å². The maximum Gasteiger partial charge on any atom is 0.180 e. The van der Waals surface area contributed by atoms with Crippen molar-refractivity contribution in [3.63, 3.8) is 0 Å². The van der Waals surface area contributed by atoms with Gasteiger partial charge in [0.15, 0.2) is 5.78 Å². The molecule has 0 saturated heterocycles. The highest BCUT2D eigenvalue weighted by Crippen LogP contribution is 2.04. The fourth-order valence-electron chi connectivity index (χ4n) is 1.23. The van der Waals surface area contributed by atoms with Crippen LogP contribution in [0.5, 0.6) is 0 Å². The molecule has 0 amide bonds. The minimum Gasteiger partial charge on any atom is -0.321 e. The van der Waals surface area contributed by atoms with E-state index >= 15 is 0 Å². The highest BCUT2D eigenvalue weighted by Gasteiger charge is 2.12. The molecule has 0 saturated carbocycles. The molecule has 76 valence electrons. The average Bonchev–Trinajstić information content (AvgIpc) is 2.26. The van der Waals surface area contributed by atoms with Crippen LogP contribution in [0.2, 0.25) is 0 Å². The molecular formula is C11H14FNO. The van der Waals surface area contributed by atoms with Gasteiger partial charge in [0.1, 0.15) is 6.67 Å². The number of carbonyl (C=O) groups excluding carboxylic acids is 1. The minimum absolute atomic E-state index is 0.507. The summed E-state index contributed by atoms with van der Waals surface area (Å²) in [6, 6.07) is 9.05. The molecule has 14 heavy (non-hydrogen) atoms. The zero-order chi connectivity index (χ0) is 10.4. The first kappa shape index (κ1) is 10.9. The van der Waals surface area contributed by atoms with E-state index in [0.717, 1.165) is 5.56 Å². The molecular weight excluding hydrogens is 181 g/mol. The maximum atomic E-state index is 11.9. The first-order valence-electron chi connectivity index (χ1n) is 4.62. The van der Waals surface area contributed by atoms with Gasteiger partial charge in [-0.25, -0.2) is 4.39 Å². The number of Topliss-reactive ketones (excluding diaryl/α,β-unsaturated/α-hetero) is 1. The summed E-state index contributed by atoms with van der Waals surface area (Å²) in [5, 5.41) is 0. The smallest absolute Gasteiger partial charge is 0.180 e. The summed E-state index contributed by atoms with van der Waals surface area (Å²) in [5.41, 5.74) is 6.61. The third-order valence-electron chi connectivity index (χ3n) is 2.13. The lowest BCUT2D eigenvalue weighted by atomic mass is 10.0. The summed E-state index contributed by atoms with van der Waals surface area (Å²) in [5.74, 6) is -0.513. The Balaban J connectivity index is 2.38. The molecule has 0 unspecified atom stereocenters. The predicted octanol–water partition coefficient (Wildman–Crippen LogP) is 1.49. The van der Waals surface area contributed by atoms with Crippen molar-refractivity contribution in [1.82, 2.24) is 0 Å². The van der Waals surface area contributed by atoms with Crippen molar-refractivity contribution in [3.8, 4) is 0 Å². The van der Waals surface area contributed by atoms with Gasteiger partial charge in [-0.2, -0.15) is 0 Å². The van der Waals surface area contributed by atoms with Crippen LogP contribution in [0, 0.1) is 0 Å². The second-order valence-corrected chi connectivity index (χ2v) is 3.23. The summed E-state index contributed by atoms with van der Waals surface area (Å²) < 4.78 is 11.9. The molecule has 3 heteroatoms. The quantitative estimate of drug-likeness (QED) is 0.773. The van der Waals surface area contributed by atoms with Crippen molar-refractivity contribution in [1.29, 1.82) is 0 Å². The topological polar surface area (TPSA) is 43.1 Å². The molecule has 0 aliphatic carbocycles. The molecule has 0 aliphatic rings. The maximum absolute atomic E-state index is 11.9. The molecule has 1 aromatic rings. The Morgan fingerprint density at radius 1 is 1.36 bits per heavy atom. The van der Waals surface area contributed by atoms with Crippen LogP contribution in [-0.4, -0.2) is 18.5 Å². The molecule has 1 aromatic carbocycles. The first-order valence-corrected chi connectivity index (χ1v) is 4.62. The molecule has 1 rings (SSSR count). The normalized spacial score (nSPS) is 12.4. The first-order chi connectivity index (χ1) is 6.74. The van der Waals surface area contributed by atoms with E-state index in [2.05, 4.69) is 0 Å². The molecule has 0 radical (unpaired) electrons. The number of ketones is 1. The molecule has 1 atom stereocenters. The molecule has 0 aromatic heterocycles. The van der Waals surface area contributed by atoms with Crippen LogP contribution in [0.15, 0.2) is 30.3 Å². The van der Waals surface area contributed by atoms with Crippen molar-refractivity contribution >= 4 is 5.78 Å². The Morgan fingerprint density at radius 3 is 2.57 bits per heavy atom. The second-order valence-electron chi connectivity index (χ2n) is 3.23. The van der Waals surface area contributed by atoms with Crippen LogP contribution in [0.3, 0.4) is 0 Å². The summed E-state index contributed by atoms with van der Waals surface area (Å²) in [7, 11) is 0. The summed E-state index contributed by atoms with van der Waals surface area (Å²) in [4.78, 5) is 10.8. The fourth-order valence-corrected chi connectivity index (χ4v) is 1.23. The highest BCUT2D eigenvalue weighted by molar-refractivity contribution is 5.84. The molecule has 0 heterocycles. The Bertz CT molecular complexity index is 287.